The van der Waals surface area contributed by atoms with Gasteiger partial charge in [-0.1, -0.05) is 35.3 Å². The summed E-state index contributed by atoms with van der Waals surface area (Å²) in [4.78, 5) is 0.175. The smallest absolute Gasteiger partial charge is 0.207 e. The van der Waals surface area contributed by atoms with Crippen molar-refractivity contribution in [1.29, 1.82) is 0 Å². The number of sulfonamides is 2. The molecule has 1 heterocycles. The highest BCUT2D eigenvalue weighted by Crippen LogP contribution is 2.29. The van der Waals surface area contributed by atoms with E-state index in [-0.39, 0.29) is 46.0 Å². The third kappa shape index (κ3) is 4.08. The van der Waals surface area contributed by atoms with Crippen LogP contribution in [0.1, 0.15) is 11.1 Å². The number of nitrogens with zero attached hydrogens (tertiary/aromatic N) is 2. The van der Waals surface area contributed by atoms with E-state index in [1.165, 1.54) is 26.8 Å². The number of aryl methyl sites for hydroxylation is 2. The van der Waals surface area contributed by atoms with E-state index in [1.807, 2.05) is 13.0 Å². The average molecular weight is 463 g/mol. The molecule has 1 aliphatic heterocycles. The van der Waals surface area contributed by atoms with Gasteiger partial charge in [0, 0.05) is 31.2 Å². The highest BCUT2D eigenvalue weighted by atomic mass is 35.5. The van der Waals surface area contributed by atoms with Crippen LogP contribution in [-0.2, 0) is 20.0 Å². The number of hydrogen-bond donors (Lipinski definition) is 0. The standard InChI is InChI=1S/C18H20Cl2N2O4S2/c1-13-3-4-14(2)17(11-13)27(23,24)21-7-9-22(10-8-21)28(25,26)18-12-15(19)5-6-16(18)20/h3-6,11-12H,7-10H2,1-2H3. The van der Waals surface area contributed by atoms with Crippen molar-refractivity contribution in [1.82, 2.24) is 8.61 Å². The topological polar surface area (TPSA) is 74.8 Å². The fraction of sp³-hybridized carbons (Fsp3) is 0.333. The molecule has 0 amide bonds. The molecule has 0 aromatic heterocycles. The van der Waals surface area contributed by atoms with Crippen LogP contribution in [-0.4, -0.2) is 51.6 Å². The van der Waals surface area contributed by atoms with Gasteiger partial charge in [-0.25, -0.2) is 16.8 Å². The van der Waals surface area contributed by atoms with Gasteiger partial charge in [-0.05, 0) is 49.2 Å². The summed E-state index contributed by atoms with van der Waals surface area (Å²) in [7, 11) is -7.57. The third-order valence-electron chi connectivity index (χ3n) is 4.67. The van der Waals surface area contributed by atoms with Crippen LogP contribution in [0.5, 0.6) is 0 Å². The Morgan fingerprint density at radius 1 is 0.750 bits per heavy atom. The van der Waals surface area contributed by atoms with E-state index in [9.17, 15) is 16.8 Å². The van der Waals surface area contributed by atoms with Crippen molar-refractivity contribution < 1.29 is 16.8 Å². The molecule has 0 spiro atoms. The molecule has 0 bridgehead atoms. The monoisotopic (exact) mass is 462 g/mol. The quantitative estimate of drug-likeness (QED) is 0.698. The van der Waals surface area contributed by atoms with Crippen LogP contribution in [0.15, 0.2) is 46.2 Å². The Labute approximate surface area is 175 Å². The van der Waals surface area contributed by atoms with Gasteiger partial charge < -0.3 is 0 Å². The molecule has 0 radical (unpaired) electrons. The molecule has 2 aromatic rings. The summed E-state index contributed by atoms with van der Waals surface area (Å²) in [6.45, 7) is 3.77. The van der Waals surface area contributed by atoms with Crippen LogP contribution >= 0.6 is 23.2 Å². The van der Waals surface area contributed by atoms with Crippen LogP contribution in [0.3, 0.4) is 0 Å². The Hall–Kier alpha value is -1.16. The second kappa shape index (κ2) is 7.93. The SMILES string of the molecule is Cc1ccc(C)c(S(=O)(=O)N2CCN(S(=O)(=O)c3cc(Cl)ccc3Cl)CC2)c1. The zero-order valence-electron chi connectivity index (χ0n) is 15.4. The van der Waals surface area contributed by atoms with Gasteiger partial charge in [-0.2, -0.15) is 8.61 Å². The first-order chi connectivity index (χ1) is 13.0. The molecule has 28 heavy (non-hydrogen) atoms. The average Bonchev–Trinajstić information content (AvgIpc) is 2.65. The minimum absolute atomic E-state index is 0.0370. The van der Waals surface area contributed by atoms with Crippen molar-refractivity contribution in [3.05, 3.63) is 57.6 Å². The summed E-state index contributed by atoms with van der Waals surface area (Å²) in [5.74, 6) is 0. The molecule has 1 fully saturated rings. The summed E-state index contributed by atoms with van der Waals surface area (Å²) in [6, 6.07) is 9.51. The second-order valence-electron chi connectivity index (χ2n) is 6.65. The first kappa shape index (κ1) is 21.5. The number of halogens is 2. The van der Waals surface area contributed by atoms with Crippen LogP contribution in [0.2, 0.25) is 10.0 Å². The van der Waals surface area contributed by atoms with E-state index in [0.717, 1.165) is 5.56 Å². The fourth-order valence-corrected chi connectivity index (χ4v) is 6.98. The Morgan fingerprint density at radius 3 is 1.86 bits per heavy atom. The fourth-order valence-electron chi connectivity index (χ4n) is 3.09. The predicted octanol–water partition coefficient (Wildman–Crippen LogP) is 3.31. The van der Waals surface area contributed by atoms with Gasteiger partial charge in [0.1, 0.15) is 4.90 Å². The molecule has 10 heteroatoms. The van der Waals surface area contributed by atoms with E-state index >= 15 is 0 Å². The Bertz CT molecular complexity index is 1020. The van der Waals surface area contributed by atoms with Gasteiger partial charge in [0.2, 0.25) is 20.0 Å². The van der Waals surface area contributed by atoms with Crippen LogP contribution in [0.4, 0.5) is 0 Å². The summed E-state index contributed by atoms with van der Waals surface area (Å²) in [6.07, 6.45) is 0. The molecule has 0 aliphatic carbocycles. The maximum atomic E-state index is 13.0. The predicted molar refractivity (Wildman–Crippen MR) is 110 cm³/mol. The van der Waals surface area contributed by atoms with Gasteiger partial charge in [0.25, 0.3) is 0 Å². The Kier molecular flexibility index (Phi) is 6.10. The van der Waals surface area contributed by atoms with Crippen molar-refractivity contribution in [2.75, 3.05) is 26.2 Å². The van der Waals surface area contributed by atoms with Crippen molar-refractivity contribution >= 4 is 43.2 Å². The van der Waals surface area contributed by atoms with Crippen LogP contribution < -0.4 is 0 Å². The summed E-state index contributed by atoms with van der Waals surface area (Å²) in [5.41, 5.74) is 1.51. The molecule has 0 atom stereocenters. The van der Waals surface area contributed by atoms with Crippen molar-refractivity contribution in [2.45, 2.75) is 23.6 Å². The number of benzene rings is 2. The maximum absolute atomic E-state index is 13.0. The van der Waals surface area contributed by atoms with E-state index in [4.69, 9.17) is 23.2 Å². The zero-order valence-corrected chi connectivity index (χ0v) is 18.5. The summed E-state index contributed by atoms with van der Waals surface area (Å²) in [5, 5.41) is 0.342. The van der Waals surface area contributed by atoms with Gasteiger partial charge in [-0.15, -0.1) is 0 Å². The molecule has 1 aliphatic rings. The van der Waals surface area contributed by atoms with Gasteiger partial charge >= 0.3 is 0 Å². The lowest BCUT2D eigenvalue weighted by Crippen LogP contribution is -2.50. The third-order valence-corrected chi connectivity index (χ3v) is 9.33. The van der Waals surface area contributed by atoms with Gasteiger partial charge in [0.15, 0.2) is 0 Å². The molecule has 1 saturated heterocycles. The van der Waals surface area contributed by atoms with Crippen molar-refractivity contribution in [3.63, 3.8) is 0 Å². The summed E-state index contributed by atoms with van der Waals surface area (Å²) >= 11 is 12.0. The molecule has 0 unspecified atom stereocenters. The second-order valence-corrected chi connectivity index (χ2v) is 11.3. The maximum Gasteiger partial charge on any atom is 0.244 e. The summed E-state index contributed by atoms with van der Waals surface area (Å²) < 4.78 is 54.4. The molecule has 0 N–H and O–H groups in total. The number of piperazine rings is 1. The van der Waals surface area contributed by atoms with E-state index in [0.29, 0.717) is 5.56 Å². The van der Waals surface area contributed by atoms with Gasteiger partial charge in [0.05, 0.1) is 9.92 Å². The largest absolute Gasteiger partial charge is 0.244 e. The minimum atomic E-state index is -3.87. The lowest BCUT2D eigenvalue weighted by molar-refractivity contribution is 0.272. The van der Waals surface area contributed by atoms with Crippen molar-refractivity contribution in [3.8, 4) is 0 Å². The molecule has 2 aromatic carbocycles. The molecule has 3 rings (SSSR count). The normalized spacial score (nSPS) is 17.0. The molecule has 152 valence electrons. The molecular weight excluding hydrogens is 443 g/mol. The van der Waals surface area contributed by atoms with Crippen molar-refractivity contribution in [2.24, 2.45) is 0 Å². The highest BCUT2D eigenvalue weighted by molar-refractivity contribution is 7.89. The van der Waals surface area contributed by atoms with E-state index in [2.05, 4.69) is 0 Å². The first-order valence-electron chi connectivity index (χ1n) is 8.56. The number of rotatable bonds is 4. The highest BCUT2D eigenvalue weighted by Gasteiger charge is 2.35. The molecule has 0 saturated carbocycles. The first-order valence-corrected chi connectivity index (χ1v) is 12.2. The lowest BCUT2D eigenvalue weighted by atomic mass is 10.2. The van der Waals surface area contributed by atoms with Crippen LogP contribution in [0.25, 0.3) is 0 Å². The molecular formula is C18H20Cl2N2O4S2. The minimum Gasteiger partial charge on any atom is -0.207 e. The molecule has 6 nitrogen and oxygen atoms in total. The van der Waals surface area contributed by atoms with E-state index in [1.54, 1.807) is 19.1 Å². The Morgan fingerprint density at radius 2 is 1.29 bits per heavy atom. The van der Waals surface area contributed by atoms with Crippen LogP contribution in [0, 0.1) is 13.8 Å². The van der Waals surface area contributed by atoms with E-state index < -0.39 is 20.0 Å². The van der Waals surface area contributed by atoms with Gasteiger partial charge in [-0.3, -0.25) is 0 Å². The zero-order chi connectivity index (χ0) is 20.7. The number of hydrogen-bond acceptors (Lipinski definition) is 4. The Balaban J connectivity index is 1.82. The lowest BCUT2D eigenvalue weighted by Gasteiger charge is -2.33.